The molecule has 2 fully saturated rings. The minimum Gasteiger partial charge on any atom is -0.392 e. The molecule has 0 aliphatic carbocycles. The van der Waals surface area contributed by atoms with Crippen LogP contribution in [-0.4, -0.2) is 75.2 Å². The van der Waals surface area contributed by atoms with Gasteiger partial charge in [-0.05, 0) is 26.0 Å². The van der Waals surface area contributed by atoms with Crippen molar-refractivity contribution in [2.45, 2.75) is 43.5 Å². The fourth-order valence-electron chi connectivity index (χ4n) is 3.64. The maximum atomic E-state index is 9.89. The van der Waals surface area contributed by atoms with Crippen molar-refractivity contribution in [3.05, 3.63) is 24.2 Å². The van der Waals surface area contributed by atoms with Crippen LogP contribution in [0.3, 0.4) is 0 Å². The zero-order chi connectivity index (χ0) is 20.1. The van der Waals surface area contributed by atoms with Crippen LogP contribution in [0.15, 0.2) is 23.5 Å². The van der Waals surface area contributed by atoms with Gasteiger partial charge in [-0.3, -0.25) is 0 Å². The third-order valence-corrected chi connectivity index (χ3v) is 4.81. The van der Waals surface area contributed by atoms with Gasteiger partial charge in [0.2, 0.25) is 5.60 Å². The lowest BCUT2D eigenvalue weighted by Gasteiger charge is -2.27. The molecule has 2 saturated heterocycles. The summed E-state index contributed by atoms with van der Waals surface area (Å²) in [7, 11) is 3.74. The fraction of sp³-hybridized carbons (Fsp3) is 0.556. The number of nitrogens with zero attached hydrogens (tertiary/aromatic N) is 6. The van der Waals surface area contributed by atoms with Crippen molar-refractivity contribution in [2.75, 3.05) is 20.7 Å². The van der Waals surface area contributed by atoms with Crippen molar-refractivity contribution in [2.24, 2.45) is 4.99 Å². The maximum absolute atomic E-state index is 9.89. The summed E-state index contributed by atoms with van der Waals surface area (Å²) in [4.78, 5) is 10.4. The van der Waals surface area contributed by atoms with Gasteiger partial charge < -0.3 is 24.2 Å². The van der Waals surface area contributed by atoms with E-state index in [1.54, 1.807) is 29.6 Å². The first-order valence-electron chi connectivity index (χ1n) is 8.89. The minimum atomic E-state index is -1.51. The molecule has 0 amide bonds. The first-order valence-corrected chi connectivity index (χ1v) is 8.89. The van der Waals surface area contributed by atoms with Crippen LogP contribution in [0.5, 0.6) is 0 Å². The molecule has 10 heteroatoms. The Bertz CT molecular complexity index is 965. The first-order chi connectivity index (χ1) is 13.3. The molecule has 2 aliphatic heterocycles. The molecule has 0 bridgehead atoms. The fourth-order valence-corrected chi connectivity index (χ4v) is 3.64. The molecule has 1 N–H and O–H groups in total. The van der Waals surface area contributed by atoms with Crippen molar-refractivity contribution in [3.8, 4) is 6.07 Å². The second-order valence-corrected chi connectivity index (χ2v) is 7.57. The summed E-state index contributed by atoms with van der Waals surface area (Å²) in [5, 5.41) is 23.9. The molecular formula is C18H22N6O4. The van der Waals surface area contributed by atoms with Crippen molar-refractivity contribution < 1.29 is 19.3 Å². The minimum absolute atomic E-state index is 0.502. The summed E-state index contributed by atoms with van der Waals surface area (Å²) < 4.78 is 19.6. The van der Waals surface area contributed by atoms with E-state index in [0.717, 1.165) is 0 Å². The summed E-state index contributed by atoms with van der Waals surface area (Å²) in [5.41, 5.74) is -0.153. The van der Waals surface area contributed by atoms with Gasteiger partial charge in [-0.15, -0.1) is 0 Å². The average Bonchev–Trinajstić information content (AvgIpc) is 3.30. The lowest BCUT2D eigenvalue weighted by molar-refractivity contribution is -0.205. The Morgan fingerprint density at radius 3 is 2.82 bits per heavy atom. The van der Waals surface area contributed by atoms with E-state index in [-0.39, 0.29) is 0 Å². The number of rotatable bonds is 4. The number of ether oxygens (including phenoxy) is 3. The molecule has 10 nitrogen and oxygen atoms in total. The number of hydrogen-bond donors (Lipinski definition) is 1. The second-order valence-electron chi connectivity index (χ2n) is 7.57. The normalized spacial score (nSPS) is 31.4. The quantitative estimate of drug-likeness (QED) is 0.606. The van der Waals surface area contributed by atoms with Gasteiger partial charge in [-0.1, -0.05) is 0 Å². The van der Waals surface area contributed by atoms with Crippen LogP contribution < -0.4 is 0 Å². The molecule has 0 radical (unpaired) electrons. The van der Waals surface area contributed by atoms with E-state index >= 15 is 0 Å². The Morgan fingerprint density at radius 1 is 1.36 bits per heavy atom. The highest BCUT2D eigenvalue weighted by atomic mass is 16.8. The SMILES string of the molecule is CN(C)C=Nc1ncnn2c([C@@H]3O[C@](C#N)(CO)[C@H]4OC(C)(C)O[C@@H]34)ccc12. The Balaban J connectivity index is 1.78. The van der Waals surface area contributed by atoms with Crippen molar-refractivity contribution in [3.63, 3.8) is 0 Å². The predicted octanol–water partition coefficient (Wildman–Crippen LogP) is 0.797. The zero-order valence-corrected chi connectivity index (χ0v) is 16.1. The van der Waals surface area contributed by atoms with Crippen LogP contribution in [0.1, 0.15) is 25.6 Å². The Labute approximate surface area is 162 Å². The summed E-state index contributed by atoms with van der Waals surface area (Å²) in [6.07, 6.45) is 1.12. The highest BCUT2D eigenvalue weighted by Crippen LogP contribution is 2.49. The van der Waals surface area contributed by atoms with Gasteiger partial charge >= 0.3 is 0 Å². The zero-order valence-electron chi connectivity index (χ0n) is 16.1. The molecule has 0 unspecified atom stereocenters. The molecule has 2 aromatic rings. The van der Waals surface area contributed by atoms with Crippen LogP contribution in [-0.2, 0) is 14.2 Å². The van der Waals surface area contributed by atoms with E-state index in [1.807, 2.05) is 26.2 Å². The molecular weight excluding hydrogens is 364 g/mol. The summed E-state index contributed by atoms with van der Waals surface area (Å²) in [5.74, 6) is -0.389. The Morgan fingerprint density at radius 2 is 2.14 bits per heavy atom. The molecule has 4 heterocycles. The molecule has 2 aromatic heterocycles. The number of nitriles is 1. The largest absolute Gasteiger partial charge is 0.392 e. The Hall–Kier alpha value is -2.58. The van der Waals surface area contributed by atoms with Crippen molar-refractivity contribution in [1.29, 1.82) is 5.26 Å². The molecule has 0 aromatic carbocycles. The van der Waals surface area contributed by atoms with Gasteiger partial charge in [0.05, 0.1) is 18.6 Å². The number of aliphatic hydroxyl groups is 1. The lowest BCUT2D eigenvalue weighted by Crippen LogP contribution is -2.45. The molecule has 4 atom stereocenters. The standard InChI is InChI=1S/C18H22N6O4/c1-17(2)26-14-13(27-18(7-19,8-25)15(14)28-17)11-5-6-12-16(21-10-23(3)4)20-9-22-24(11)12/h5-6,9-10,13-15,25H,8H2,1-4H3/t13-,14-,15-,18+/m0/s1. The average molecular weight is 386 g/mol. The van der Waals surface area contributed by atoms with Crippen LogP contribution >= 0.6 is 0 Å². The van der Waals surface area contributed by atoms with Crippen LogP contribution in [0.25, 0.3) is 5.52 Å². The van der Waals surface area contributed by atoms with E-state index < -0.39 is 36.3 Å². The van der Waals surface area contributed by atoms with Crippen LogP contribution in [0.4, 0.5) is 5.82 Å². The van der Waals surface area contributed by atoms with Gasteiger partial charge in [0.25, 0.3) is 0 Å². The van der Waals surface area contributed by atoms with E-state index in [0.29, 0.717) is 17.0 Å². The molecule has 148 valence electrons. The summed E-state index contributed by atoms with van der Waals surface area (Å²) >= 11 is 0. The predicted molar refractivity (Wildman–Crippen MR) is 97.9 cm³/mol. The van der Waals surface area contributed by atoms with E-state index in [2.05, 4.69) is 21.1 Å². The van der Waals surface area contributed by atoms with Crippen molar-refractivity contribution in [1.82, 2.24) is 19.5 Å². The number of aliphatic hydroxyl groups excluding tert-OH is 1. The lowest BCUT2D eigenvalue weighted by atomic mass is 9.96. The van der Waals surface area contributed by atoms with Gasteiger partial charge in [0.15, 0.2) is 11.6 Å². The first kappa shape index (κ1) is 18.8. The van der Waals surface area contributed by atoms with Crippen LogP contribution in [0.2, 0.25) is 0 Å². The Kier molecular flexibility index (Phi) is 4.35. The maximum Gasteiger partial charge on any atom is 0.206 e. The van der Waals surface area contributed by atoms with Gasteiger partial charge in [0, 0.05) is 14.1 Å². The van der Waals surface area contributed by atoms with E-state index in [4.69, 9.17) is 14.2 Å². The van der Waals surface area contributed by atoms with Crippen molar-refractivity contribution >= 4 is 17.7 Å². The molecule has 0 spiro atoms. The van der Waals surface area contributed by atoms with Gasteiger partial charge in [-0.25, -0.2) is 14.5 Å². The smallest absolute Gasteiger partial charge is 0.206 e. The molecule has 0 saturated carbocycles. The highest BCUT2D eigenvalue weighted by molar-refractivity contribution is 5.70. The van der Waals surface area contributed by atoms with Crippen LogP contribution in [0, 0.1) is 11.3 Å². The number of aromatic nitrogens is 3. The highest BCUT2D eigenvalue weighted by Gasteiger charge is 2.64. The molecule has 4 rings (SSSR count). The van der Waals surface area contributed by atoms with Gasteiger partial charge in [-0.2, -0.15) is 10.4 Å². The van der Waals surface area contributed by atoms with E-state index in [1.165, 1.54) is 6.33 Å². The number of fused-ring (bicyclic) bond motifs is 2. The summed E-state index contributed by atoms with van der Waals surface area (Å²) in [6, 6.07) is 5.74. The third-order valence-electron chi connectivity index (χ3n) is 4.81. The summed E-state index contributed by atoms with van der Waals surface area (Å²) in [6.45, 7) is 3.04. The topological polar surface area (TPSA) is 118 Å². The third kappa shape index (κ3) is 2.84. The molecule has 28 heavy (non-hydrogen) atoms. The number of hydrogen-bond acceptors (Lipinski definition) is 8. The molecule has 2 aliphatic rings. The van der Waals surface area contributed by atoms with E-state index in [9.17, 15) is 10.4 Å². The van der Waals surface area contributed by atoms with Gasteiger partial charge in [0.1, 0.15) is 36.2 Å². The monoisotopic (exact) mass is 386 g/mol. The second kappa shape index (κ2) is 6.49. The number of aliphatic imine (C=N–C) groups is 1.